The average Bonchev–Trinajstić information content (AvgIpc) is 2.27. The molecule has 0 N–H and O–H groups in total. The quantitative estimate of drug-likeness (QED) is 0.560. The molecule has 0 amide bonds. The summed E-state index contributed by atoms with van der Waals surface area (Å²) in [5.74, 6) is 0. The van der Waals surface area contributed by atoms with Crippen LogP contribution in [-0.2, 0) is 17.1 Å². The molecule has 1 radical (unpaired) electrons. The molecule has 0 fully saturated rings. The second kappa shape index (κ2) is 5.66. The van der Waals surface area contributed by atoms with Crippen LogP contribution in [0.25, 0.3) is 10.2 Å². The third-order valence-corrected chi connectivity index (χ3v) is 2.50. The van der Waals surface area contributed by atoms with E-state index in [0.717, 1.165) is 9.86 Å². The van der Waals surface area contributed by atoms with E-state index >= 15 is 0 Å². The van der Waals surface area contributed by atoms with E-state index in [2.05, 4.69) is 17.6 Å². The molecule has 0 aliphatic rings. The fraction of sp³-hybridized carbons (Fsp3) is 0. The van der Waals surface area contributed by atoms with Crippen molar-refractivity contribution in [3.63, 3.8) is 0 Å². The summed E-state index contributed by atoms with van der Waals surface area (Å²) in [6, 6.07) is 8.03. The van der Waals surface area contributed by atoms with E-state index < -0.39 is 0 Å². The zero-order chi connectivity index (χ0) is 6.97. The van der Waals surface area contributed by atoms with Crippen LogP contribution in [0.15, 0.2) is 28.6 Å². The molecule has 12 heavy (non-hydrogen) atoms. The van der Waals surface area contributed by atoms with Crippen molar-refractivity contribution in [3.05, 3.63) is 24.3 Å². The van der Waals surface area contributed by atoms with Gasteiger partial charge in [-0.15, -0.1) is 24.0 Å². The van der Waals surface area contributed by atoms with Crippen molar-refractivity contribution >= 4 is 63.7 Å². The molecule has 0 saturated carbocycles. The molecule has 2 rings (SSSR count). The number of para-hydroxylation sites is 1. The van der Waals surface area contributed by atoms with Crippen LogP contribution in [0.5, 0.6) is 0 Å². The maximum atomic E-state index is 4.20. The predicted octanol–water partition coefficient (Wildman–Crippen LogP) is 1.93. The molecule has 2 aromatic rings. The Balaban J connectivity index is 0.000000605. The fourth-order valence-corrected chi connectivity index (χ4v) is 1.97. The first-order chi connectivity index (χ1) is 4.86. The van der Waals surface area contributed by atoms with Crippen molar-refractivity contribution < 1.29 is 17.1 Å². The molecule has 5 heteroatoms. The third-order valence-electron chi connectivity index (χ3n) is 1.28. The molecular formula is C7H6CuNNaS2. The summed E-state index contributed by atoms with van der Waals surface area (Å²) in [5, 5.41) is 0. The second-order valence-electron chi connectivity index (χ2n) is 1.96. The van der Waals surface area contributed by atoms with Crippen LogP contribution in [0.1, 0.15) is 0 Å². The number of thiol groups is 1. The number of fused-ring (bicyclic) bond motifs is 1. The van der Waals surface area contributed by atoms with Crippen LogP contribution in [-0.4, -0.2) is 34.5 Å². The normalized spacial score (nSPS) is 8.75. The maximum absolute atomic E-state index is 4.20. The van der Waals surface area contributed by atoms with Crippen molar-refractivity contribution in [1.29, 1.82) is 0 Å². The molecule has 0 unspecified atom stereocenters. The Morgan fingerprint density at radius 1 is 1.25 bits per heavy atom. The van der Waals surface area contributed by atoms with Gasteiger partial charge in [0, 0.05) is 17.1 Å². The Hall–Kier alpha value is 0.979. The Kier molecular flexibility index (Phi) is 6.12. The molecule has 0 aliphatic heterocycles. The predicted molar refractivity (Wildman–Crippen MR) is 54.0 cm³/mol. The van der Waals surface area contributed by atoms with E-state index in [0.29, 0.717) is 0 Å². The summed E-state index contributed by atoms with van der Waals surface area (Å²) in [7, 11) is 0. The molecule has 1 aromatic heterocycles. The average molecular weight is 255 g/mol. The number of aromatic nitrogens is 1. The molecule has 0 atom stereocenters. The summed E-state index contributed by atoms with van der Waals surface area (Å²) in [6.07, 6.45) is 0. The van der Waals surface area contributed by atoms with Crippen molar-refractivity contribution in [3.8, 4) is 0 Å². The van der Waals surface area contributed by atoms with Crippen molar-refractivity contribution in [2.45, 2.75) is 4.34 Å². The SMILES string of the molecule is Sc1nc2ccccc2s1.[Cu].[NaH]. The van der Waals surface area contributed by atoms with Gasteiger partial charge in [0.15, 0.2) is 0 Å². The Labute approximate surface area is 113 Å². The van der Waals surface area contributed by atoms with E-state index in [4.69, 9.17) is 0 Å². The molecule has 63 valence electrons. The molecular weight excluding hydrogens is 249 g/mol. The van der Waals surface area contributed by atoms with Crippen LogP contribution >= 0.6 is 24.0 Å². The van der Waals surface area contributed by atoms with Gasteiger partial charge in [0.05, 0.1) is 10.2 Å². The van der Waals surface area contributed by atoms with Gasteiger partial charge in [-0.05, 0) is 12.1 Å². The first-order valence-corrected chi connectivity index (χ1v) is 4.17. The third kappa shape index (κ3) is 2.74. The Morgan fingerprint density at radius 3 is 2.58 bits per heavy atom. The van der Waals surface area contributed by atoms with Gasteiger partial charge in [-0.25, -0.2) is 4.98 Å². The topological polar surface area (TPSA) is 12.9 Å². The first kappa shape index (κ1) is 13.0. The molecule has 0 saturated heterocycles. The molecule has 0 bridgehead atoms. The number of hydrogen-bond donors (Lipinski definition) is 1. The van der Waals surface area contributed by atoms with Gasteiger partial charge in [0.1, 0.15) is 4.34 Å². The van der Waals surface area contributed by atoms with E-state index in [1.165, 1.54) is 4.70 Å². The van der Waals surface area contributed by atoms with Gasteiger partial charge in [-0.2, -0.15) is 0 Å². The standard InChI is InChI=1S/C7H5NS2.Cu.Na.H/c9-7-8-5-3-1-2-4-6(5)10-7;;;/h1-4H,(H,8,9);;;. The van der Waals surface area contributed by atoms with Crippen LogP contribution < -0.4 is 0 Å². The number of nitrogens with zero attached hydrogens (tertiary/aromatic N) is 1. The Bertz CT molecular complexity index is 330. The number of thiazole rings is 1. The van der Waals surface area contributed by atoms with Crippen molar-refractivity contribution in [1.82, 2.24) is 4.98 Å². The summed E-state index contributed by atoms with van der Waals surface area (Å²) >= 11 is 5.76. The molecule has 1 aromatic carbocycles. The van der Waals surface area contributed by atoms with Crippen LogP contribution in [0.3, 0.4) is 0 Å². The molecule has 1 nitrogen and oxygen atoms in total. The van der Waals surface area contributed by atoms with Gasteiger partial charge in [-0.1, -0.05) is 12.1 Å². The zero-order valence-electron chi connectivity index (χ0n) is 5.41. The summed E-state index contributed by atoms with van der Waals surface area (Å²) in [6.45, 7) is 0. The minimum atomic E-state index is 0. The van der Waals surface area contributed by atoms with Crippen LogP contribution in [0, 0.1) is 0 Å². The number of benzene rings is 1. The van der Waals surface area contributed by atoms with E-state index in [-0.39, 0.29) is 46.6 Å². The van der Waals surface area contributed by atoms with Gasteiger partial charge < -0.3 is 0 Å². The molecule has 0 aliphatic carbocycles. The second-order valence-corrected chi connectivity index (χ2v) is 3.72. The summed E-state index contributed by atoms with van der Waals surface area (Å²) in [4.78, 5) is 4.20. The van der Waals surface area contributed by atoms with Gasteiger partial charge in [-0.3, -0.25) is 0 Å². The van der Waals surface area contributed by atoms with Gasteiger partial charge in [0.25, 0.3) is 0 Å². The fourth-order valence-electron chi connectivity index (χ4n) is 0.860. The van der Waals surface area contributed by atoms with E-state index in [1.54, 1.807) is 11.3 Å². The Morgan fingerprint density at radius 2 is 1.92 bits per heavy atom. The van der Waals surface area contributed by atoms with Crippen molar-refractivity contribution in [2.75, 3.05) is 0 Å². The monoisotopic (exact) mass is 254 g/mol. The van der Waals surface area contributed by atoms with Crippen molar-refractivity contribution in [2.24, 2.45) is 0 Å². The zero-order valence-corrected chi connectivity index (χ0v) is 8.07. The van der Waals surface area contributed by atoms with Gasteiger partial charge in [0.2, 0.25) is 0 Å². The van der Waals surface area contributed by atoms with E-state index in [9.17, 15) is 0 Å². The molecule has 1 heterocycles. The number of rotatable bonds is 0. The van der Waals surface area contributed by atoms with Gasteiger partial charge >= 0.3 is 29.6 Å². The van der Waals surface area contributed by atoms with Crippen LogP contribution in [0.2, 0.25) is 0 Å². The minimum absolute atomic E-state index is 0. The molecule has 0 spiro atoms. The van der Waals surface area contributed by atoms with E-state index in [1.807, 2.05) is 24.3 Å². The number of hydrogen-bond acceptors (Lipinski definition) is 3. The summed E-state index contributed by atoms with van der Waals surface area (Å²) in [5.41, 5.74) is 1.04. The summed E-state index contributed by atoms with van der Waals surface area (Å²) < 4.78 is 2.04. The first-order valence-electron chi connectivity index (χ1n) is 2.91. The van der Waals surface area contributed by atoms with Crippen LogP contribution in [0.4, 0.5) is 0 Å².